The lowest BCUT2D eigenvalue weighted by atomic mass is 10.1. The zero-order chi connectivity index (χ0) is 21.7. The van der Waals surface area contributed by atoms with Crippen molar-refractivity contribution in [2.75, 3.05) is 10.6 Å². The van der Waals surface area contributed by atoms with Crippen LogP contribution in [0, 0.1) is 6.92 Å². The number of nitrogens with zero attached hydrogens (tertiary/aromatic N) is 1. The minimum Gasteiger partial charge on any atom is -0.444 e. The van der Waals surface area contributed by atoms with Gasteiger partial charge >= 0.3 is 6.09 Å². The number of carbonyl (C=O) groups is 2. The molecular weight excluding hydrogens is 378 g/mol. The topological polar surface area (TPSA) is 80.3 Å². The number of rotatable bonds is 4. The van der Waals surface area contributed by atoms with Crippen LogP contribution in [0.1, 0.15) is 36.7 Å². The molecule has 2 N–H and O–H groups in total. The molecule has 1 aromatic heterocycles. The van der Waals surface area contributed by atoms with Crippen molar-refractivity contribution in [2.24, 2.45) is 0 Å². The highest BCUT2D eigenvalue weighted by Gasteiger charge is 2.19. The molecule has 0 aliphatic rings. The summed E-state index contributed by atoms with van der Waals surface area (Å²) in [5.41, 5.74) is 2.50. The van der Waals surface area contributed by atoms with Crippen molar-refractivity contribution in [2.45, 2.75) is 26.4 Å². The van der Waals surface area contributed by atoms with Crippen molar-refractivity contribution in [1.29, 1.82) is 0 Å². The maximum Gasteiger partial charge on any atom is 0.412 e. The van der Waals surface area contributed by atoms with Gasteiger partial charge in [-0.2, -0.15) is 0 Å². The van der Waals surface area contributed by atoms with Crippen molar-refractivity contribution in [3.8, 4) is 11.3 Å². The Morgan fingerprint density at radius 2 is 1.57 bits per heavy atom. The standard InChI is InChI=1S/C24H24N3O3/c1-16-10-12-18(13-11-16)22(28)27-21-20(26-23(29)30-24(2,3)4)15-14-19(25-21)17-8-6-5-7-9-17/h5-15H,1H2,2-4H3,(H,26,29)(H,25,27,28). The molecule has 30 heavy (non-hydrogen) atoms. The van der Waals surface area contributed by atoms with Gasteiger partial charge in [-0.05, 0) is 57.5 Å². The molecule has 0 aliphatic heterocycles. The van der Waals surface area contributed by atoms with Gasteiger partial charge in [0.2, 0.25) is 0 Å². The van der Waals surface area contributed by atoms with E-state index in [1.54, 1.807) is 57.2 Å². The van der Waals surface area contributed by atoms with Gasteiger partial charge in [0.05, 0.1) is 11.4 Å². The summed E-state index contributed by atoms with van der Waals surface area (Å²) in [6, 6.07) is 19.9. The van der Waals surface area contributed by atoms with Gasteiger partial charge in [-0.1, -0.05) is 42.5 Å². The minimum absolute atomic E-state index is 0.228. The van der Waals surface area contributed by atoms with E-state index in [2.05, 4.69) is 22.5 Å². The fraction of sp³-hybridized carbons (Fsp3) is 0.167. The normalized spacial score (nSPS) is 10.9. The number of nitrogens with one attached hydrogen (secondary N) is 2. The molecule has 0 fully saturated rings. The SMILES string of the molecule is [CH2]c1ccc(C(=O)Nc2nc(-c3ccccc3)ccc2NC(=O)OC(C)(C)C)cc1. The molecule has 2 amide bonds. The summed E-state index contributed by atoms with van der Waals surface area (Å²) in [4.78, 5) is 29.5. The number of amides is 2. The van der Waals surface area contributed by atoms with Gasteiger partial charge in [-0.25, -0.2) is 9.78 Å². The maximum atomic E-state index is 12.7. The van der Waals surface area contributed by atoms with Crippen LogP contribution in [0.4, 0.5) is 16.3 Å². The van der Waals surface area contributed by atoms with E-state index in [-0.39, 0.29) is 11.7 Å². The quantitative estimate of drug-likeness (QED) is 0.601. The average molecular weight is 402 g/mol. The third kappa shape index (κ3) is 5.67. The summed E-state index contributed by atoms with van der Waals surface area (Å²) >= 11 is 0. The van der Waals surface area contributed by atoms with Crippen LogP contribution in [0.5, 0.6) is 0 Å². The van der Waals surface area contributed by atoms with Gasteiger partial charge in [-0.15, -0.1) is 0 Å². The Bertz CT molecular complexity index is 1040. The highest BCUT2D eigenvalue weighted by molar-refractivity contribution is 6.06. The Kier molecular flexibility index (Phi) is 6.16. The van der Waals surface area contributed by atoms with Crippen molar-refractivity contribution < 1.29 is 14.3 Å². The van der Waals surface area contributed by atoms with Crippen molar-refractivity contribution in [1.82, 2.24) is 4.98 Å². The van der Waals surface area contributed by atoms with E-state index in [4.69, 9.17) is 4.74 Å². The number of anilines is 2. The molecule has 6 nitrogen and oxygen atoms in total. The molecule has 0 atom stereocenters. The second-order valence-corrected chi connectivity index (χ2v) is 7.74. The molecule has 0 bridgehead atoms. The van der Waals surface area contributed by atoms with Gasteiger partial charge in [0.1, 0.15) is 5.60 Å². The number of ether oxygens (including phenoxy) is 1. The van der Waals surface area contributed by atoms with E-state index < -0.39 is 11.7 Å². The zero-order valence-electron chi connectivity index (χ0n) is 17.2. The zero-order valence-corrected chi connectivity index (χ0v) is 17.2. The van der Waals surface area contributed by atoms with E-state index in [1.165, 1.54) is 0 Å². The summed E-state index contributed by atoms with van der Waals surface area (Å²) in [6.45, 7) is 9.15. The van der Waals surface area contributed by atoms with E-state index in [0.29, 0.717) is 16.9 Å². The van der Waals surface area contributed by atoms with Crippen LogP contribution in [-0.2, 0) is 4.74 Å². The molecule has 153 valence electrons. The van der Waals surface area contributed by atoms with Crippen LogP contribution < -0.4 is 10.6 Å². The predicted molar refractivity (Wildman–Crippen MR) is 118 cm³/mol. The molecule has 2 aromatic carbocycles. The molecule has 6 heteroatoms. The third-order valence-corrected chi connectivity index (χ3v) is 4.05. The molecular formula is C24H24N3O3. The molecule has 0 unspecified atom stereocenters. The fourth-order valence-corrected chi connectivity index (χ4v) is 2.67. The summed E-state index contributed by atoms with van der Waals surface area (Å²) < 4.78 is 5.32. The minimum atomic E-state index is -0.652. The van der Waals surface area contributed by atoms with Gasteiger partial charge in [0.25, 0.3) is 5.91 Å². The molecule has 0 saturated heterocycles. The molecule has 3 aromatic rings. The number of pyridine rings is 1. The van der Waals surface area contributed by atoms with Crippen molar-refractivity contribution >= 4 is 23.5 Å². The molecule has 1 heterocycles. The van der Waals surface area contributed by atoms with E-state index in [0.717, 1.165) is 11.1 Å². The van der Waals surface area contributed by atoms with Crippen LogP contribution in [0.3, 0.4) is 0 Å². The lowest BCUT2D eigenvalue weighted by Crippen LogP contribution is -2.27. The van der Waals surface area contributed by atoms with E-state index >= 15 is 0 Å². The summed E-state index contributed by atoms with van der Waals surface area (Å²) in [5, 5.41) is 5.45. The first-order valence-electron chi connectivity index (χ1n) is 9.51. The van der Waals surface area contributed by atoms with Crippen molar-refractivity contribution in [3.05, 3.63) is 84.8 Å². The van der Waals surface area contributed by atoms with Crippen LogP contribution in [0.15, 0.2) is 66.7 Å². The second-order valence-electron chi connectivity index (χ2n) is 7.74. The van der Waals surface area contributed by atoms with Gasteiger partial charge < -0.3 is 10.1 Å². The number of hydrogen-bond acceptors (Lipinski definition) is 4. The molecule has 0 spiro atoms. The van der Waals surface area contributed by atoms with Crippen LogP contribution in [-0.4, -0.2) is 22.6 Å². The average Bonchev–Trinajstić information content (AvgIpc) is 2.69. The van der Waals surface area contributed by atoms with E-state index in [1.807, 2.05) is 30.3 Å². The maximum absolute atomic E-state index is 12.7. The van der Waals surface area contributed by atoms with Gasteiger partial charge in [0.15, 0.2) is 5.82 Å². The first-order chi connectivity index (χ1) is 14.2. The molecule has 0 saturated carbocycles. The third-order valence-electron chi connectivity index (χ3n) is 4.05. The number of aromatic nitrogens is 1. The first kappa shape index (κ1) is 21.0. The Balaban J connectivity index is 1.92. The fourth-order valence-electron chi connectivity index (χ4n) is 2.67. The summed E-state index contributed by atoms with van der Waals surface area (Å²) in [7, 11) is 0. The van der Waals surface area contributed by atoms with Crippen molar-refractivity contribution in [3.63, 3.8) is 0 Å². The lowest BCUT2D eigenvalue weighted by molar-refractivity contribution is 0.0635. The number of benzene rings is 2. The summed E-state index contributed by atoms with van der Waals surface area (Å²) in [5.74, 6) is -0.120. The van der Waals surface area contributed by atoms with Crippen LogP contribution in [0.2, 0.25) is 0 Å². The highest BCUT2D eigenvalue weighted by atomic mass is 16.6. The molecule has 1 radical (unpaired) electrons. The Morgan fingerprint density at radius 1 is 0.900 bits per heavy atom. The number of carbonyl (C=O) groups excluding carboxylic acids is 2. The van der Waals surface area contributed by atoms with E-state index in [9.17, 15) is 9.59 Å². The highest BCUT2D eigenvalue weighted by Crippen LogP contribution is 2.26. The Morgan fingerprint density at radius 3 is 2.20 bits per heavy atom. The first-order valence-corrected chi connectivity index (χ1v) is 9.51. The predicted octanol–water partition coefficient (Wildman–Crippen LogP) is 5.53. The van der Waals surface area contributed by atoms with Crippen LogP contribution in [0.25, 0.3) is 11.3 Å². The smallest absolute Gasteiger partial charge is 0.412 e. The second kappa shape index (κ2) is 8.78. The molecule has 0 aliphatic carbocycles. The summed E-state index contributed by atoms with van der Waals surface area (Å²) in [6.07, 6.45) is -0.631. The van der Waals surface area contributed by atoms with Gasteiger partial charge in [0, 0.05) is 11.1 Å². The molecule has 3 rings (SSSR count). The van der Waals surface area contributed by atoms with Crippen LogP contribution >= 0.6 is 0 Å². The Labute approximate surface area is 176 Å². The Hall–Kier alpha value is -3.67. The lowest BCUT2D eigenvalue weighted by Gasteiger charge is -2.20. The van der Waals surface area contributed by atoms with Gasteiger partial charge in [-0.3, -0.25) is 10.1 Å². The number of hydrogen-bond donors (Lipinski definition) is 2. The largest absolute Gasteiger partial charge is 0.444 e. The monoisotopic (exact) mass is 402 g/mol.